The summed E-state index contributed by atoms with van der Waals surface area (Å²) in [5.74, 6) is 0. The number of aromatic nitrogens is 2. The van der Waals surface area contributed by atoms with Gasteiger partial charge in [-0.05, 0) is 18.6 Å². The lowest BCUT2D eigenvalue weighted by Gasteiger charge is -2.12. The molecule has 0 bridgehead atoms. The van der Waals surface area contributed by atoms with Gasteiger partial charge in [0, 0.05) is 25.0 Å². The van der Waals surface area contributed by atoms with Crippen LogP contribution in [0.3, 0.4) is 0 Å². The topological polar surface area (TPSA) is 37.8 Å². The van der Waals surface area contributed by atoms with Crippen molar-refractivity contribution in [1.29, 1.82) is 0 Å². The van der Waals surface area contributed by atoms with Gasteiger partial charge < -0.3 is 5.32 Å². The molecule has 1 N–H and O–H groups in total. The molecule has 2 aromatic rings. The van der Waals surface area contributed by atoms with Gasteiger partial charge in [-0.15, -0.1) is 11.3 Å². The van der Waals surface area contributed by atoms with Crippen molar-refractivity contribution in [3.8, 4) is 0 Å². The Balaban J connectivity index is 1.91. The molecule has 3 nitrogen and oxygen atoms in total. The van der Waals surface area contributed by atoms with Crippen LogP contribution in [0.4, 0.5) is 0 Å². The van der Waals surface area contributed by atoms with Crippen LogP contribution in [0.5, 0.6) is 0 Å². The van der Waals surface area contributed by atoms with Crippen LogP contribution in [0.1, 0.15) is 23.5 Å². The summed E-state index contributed by atoms with van der Waals surface area (Å²) in [6.45, 7) is 2.83. The number of nitrogens with zero attached hydrogens (tertiary/aromatic N) is 2. The smallest absolute Gasteiger partial charge is 0.113 e. The molecule has 0 spiro atoms. The van der Waals surface area contributed by atoms with E-state index in [0.29, 0.717) is 0 Å². The molecule has 0 aliphatic heterocycles. The zero-order chi connectivity index (χ0) is 11.4. The van der Waals surface area contributed by atoms with Gasteiger partial charge in [0.1, 0.15) is 9.34 Å². The minimum absolute atomic E-state index is 0.261. The number of pyridine rings is 1. The van der Waals surface area contributed by atoms with E-state index < -0.39 is 0 Å². The Morgan fingerprint density at radius 3 is 3.00 bits per heavy atom. The van der Waals surface area contributed by atoms with E-state index in [-0.39, 0.29) is 6.04 Å². The lowest BCUT2D eigenvalue weighted by Crippen LogP contribution is -2.17. The van der Waals surface area contributed by atoms with E-state index in [0.717, 1.165) is 15.9 Å². The largest absolute Gasteiger partial charge is 0.304 e. The van der Waals surface area contributed by atoms with Gasteiger partial charge in [-0.2, -0.15) is 0 Å². The average molecular weight is 254 g/mol. The van der Waals surface area contributed by atoms with Gasteiger partial charge in [-0.1, -0.05) is 17.7 Å². The van der Waals surface area contributed by atoms with E-state index in [2.05, 4.69) is 28.3 Å². The lowest BCUT2D eigenvalue weighted by molar-refractivity contribution is 0.571. The maximum atomic E-state index is 5.81. The molecule has 0 aromatic carbocycles. The van der Waals surface area contributed by atoms with Crippen LogP contribution in [0, 0.1) is 0 Å². The van der Waals surface area contributed by atoms with Crippen molar-refractivity contribution in [1.82, 2.24) is 15.3 Å². The molecule has 0 fully saturated rings. The van der Waals surface area contributed by atoms with E-state index in [1.54, 1.807) is 12.4 Å². The second-order valence-electron chi connectivity index (χ2n) is 3.45. The maximum absolute atomic E-state index is 5.81. The third kappa shape index (κ3) is 3.01. The molecule has 0 saturated carbocycles. The van der Waals surface area contributed by atoms with Gasteiger partial charge in [0.25, 0.3) is 0 Å². The highest BCUT2D eigenvalue weighted by atomic mass is 35.5. The molecule has 2 heterocycles. The Bertz CT molecular complexity index is 444. The van der Waals surface area contributed by atoms with E-state index in [1.165, 1.54) is 16.9 Å². The van der Waals surface area contributed by atoms with Crippen LogP contribution in [0.25, 0.3) is 0 Å². The van der Waals surface area contributed by atoms with Crippen molar-refractivity contribution < 1.29 is 0 Å². The number of hydrogen-bond donors (Lipinski definition) is 1. The Labute approximate surface area is 104 Å². The number of hydrogen-bond acceptors (Lipinski definition) is 4. The third-order valence-corrected chi connectivity index (χ3v) is 3.38. The monoisotopic (exact) mass is 253 g/mol. The number of halogens is 1. The normalized spacial score (nSPS) is 12.6. The third-order valence-electron chi connectivity index (χ3n) is 2.27. The number of rotatable bonds is 4. The number of nitrogens with one attached hydrogen (secondary N) is 1. The highest BCUT2D eigenvalue weighted by Gasteiger charge is 2.06. The molecule has 0 amide bonds. The van der Waals surface area contributed by atoms with Gasteiger partial charge >= 0.3 is 0 Å². The van der Waals surface area contributed by atoms with Crippen molar-refractivity contribution in [2.75, 3.05) is 0 Å². The summed E-state index contributed by atoms with van der Waals surface area (Å²) in [5, 5.41) is 4.38. The second-order valence-corrected chi connectivity index (χ2v) is 5.19. The van der Waals surface area contributed by atoms with Crippen LogP contribution in [0.15, 0.2) is 30.7 Å². The van der Waals surface area contributed by atoms with Gasteiger partial charge in [0.05, 0.1) is 6.20 Å². The first kappa shape index (κ1) is 11.5. The van der Waals surface area contributed by atoms with Crippen LogP contribution in [-0.2, 0) is 6.54 Å². The van der Waals surface area contributed by atoms with E-state index in [1.807, 2.05) is 12.3 Å². The van der Waals surface area contributed by atoms with Gasteiger partial charge in [0.15, 0.2) is 0 Å². The lowest BCUT2D eigenvalue weighted by atomic mass is 10.1. The van der Waals surface area contributed by atoms with Crippen molar-refractivity contribution in [3.63, 3.8) is 0 Å². The van der Waals surface area contributed by atoms with Crippen LogP contribution in [0.2, 0.25) is 4.34 Å². The van der Waals surface area contributed by atoms with Crippen LogP contribution >= 0.6 is 22.9 Å². The molecule has 0 aliphatic rings. The average Bonchev–Trinajstić information content (AvgIpc) is 2.73. The maximum Gasteiger partial charge on any atom is 0.113 e. The summed E-state index contributed by atoms with van der Waals surface area (Å²) in [4.78, 5) is 8.28. The summed E-state index contributed by atoms with van der Waals surface area (Å²) in [6.07, 6.45) is 5.32. The summed E-state index contributed by atoms with van der Waals surface area (Å²) >= 11 is 7.31. The molecule has 1 atom stereocenters. The fourth-order valence-electron chi connectivity index (χ4n) is 1.36. The molecule has 2 rings (SSSR count). The standard InChI is InChI=1S/C11H12ClN3S/c1-8(9-3-2-4-13-5-9)14-7-11-15-6-10(12)16-11/h2-6,8,14H,7H2,1H3/t8-/m1/s1. The van der Waals surface area contributed by atoms with E-state index in [4.69, 9.17) is 11.6 Å². The fourth-order valence-corrected chi connectivity index (χ4v) is 2.27. The zero-order valence-corrected chi connectivity index (χ0v) is 10.4. The molecule has 0 radical (unpaired) electrons. The molecule has 84 valence electrons. The minimum atomic E-state index is 0.261. The Morgan fingerprint density at radius 1 is 1.50 bits per heavy atom. The van der Waals surface area contributed by atoms with Crippen molar-refractivity contribution in [2.24, 2.45) is 0 Å². The first-order chi connectivity index (χ1) is 7.75. The predicted octanol–water partition coefficient (Wildman–Crippen LogP) is 3.04. The molecular weight excluding hydrogens is 242 g/mol. The Hall–Kier alpha value is -0.970. The molecule has 0 aliphatic carbocycles. The predicted molar refractivity (Wildman–Crippen MR) is 66.6 cm³/mol. The summed E-state index contributed by atoms with van der Waals surface area (Å²) in [6, 6.07) is 4.25. The van der Waals surface area contributed by atoms with Gasteiger partial charge in [-0.25, -0.2) is 4.98 Å². The summed E-state index contributed by atoms with van der Waals surface area (Å²) < 4.78 is 0.728. The van der Waals surface area contributed by atoms with Crippen molar-refractivity contribution in [3.05, 3.63) is 45.6 Å². The molecule has 0 unspecified atom stereocenters. The SMILES string of the molecule is C[C@@H](NCc1ncc(Cl)s1)c1cccnc1. The fraction of sp³-hybridized carbons (Fsp3) is 0.273. The zero-order valence-electron chi connectivity index (χ0n) is 8.85. The first-order valence-electron chi connectivity index (χ1n) is 4.99. The van der Waals surface area contributed by atoms with Crippen molar-refractivity contribution in [2.45, 2.75) is 19.5 Å². The molecule has 2 aromatic heterocycles. The van der Waals surface area contributed by atoms with E-state index >= 15 is 0 Å². The molecular formula is C11H12ClN3S. The quantitative estimate of drug-likeness (QED) is 0.910. The van der Waals surface area contributed by atoms with Crippen LogP contribution in [-0.4, -0.2) is 9.97 Å². The summed E-state index contributed by atoms with van der Waals surface area (Å²) in [5.41, 5.74) is 1.17. The Kier molecular flexibility index (Phi) is 3.88. The highest BCUT2D eigenvalue weighted by molar-refractivity contribution is 7.15. The molecule has 0 saturated heterocycles. The van der Waals surface area contributed by atoms with Gasteiger partial charge in [-0.3, -0.25) is 4.98 Å². The second kappa shape index (κ2) is 5.39. The minimum Gasteiger partial charge on any atom is -0.304 e. The Morgan fingerprint density at radius 2 is 2.38 bits per heavy atom. The first-order valence-corrected chi connectivity index (χ1v) is 6.18. The van der Waals surface area contributed by atoms with E-state index in [9.17, 15) is 0 Å². The summed E-state index contributed by atoms with van der Waals surface area (Å²) in [7, 11) is 0. The molecule has 16 heavy (non-hydrogen) atoms. The van der Waals surface area contributed by atoms with Crippen LogP contribution < -0.4 is 5.32 Å². The van der Waals surface area contributed by atoms with Crippen molar-refractivity contribution >= 4 is 22.9 Å². The van der Waals surface area contributed by atoms with Gasteiger partial charge in [0.2, 0.25) is 0 Å². The highest BCUT2D eigenvalue weighted by Crippen LogP contribution is 2.19. The molecule has 5 heteroatoms. The number of thiazole rings is 1.